The SMILES string of the molecule is C=C(NNC(=O)CN(c1ccc(F)cc1)S(=O)(=O)c1ccc2c(c1)OCCO2)c1ccc(C(C)(C)C)cc1. The number of carbonyl (C=O) groups excluding carboxylic acids is 1. The number of rotatable bonds is 8. The fraction of sp³-hybridized carbons (Fsp3) is 0.250. The Morgan fingerprint density at radius 2 is 1.58 bits per heavy atom. The molecule has 1 aliphatic heterocycles. The monoisotopic (exact) mass is 539 g/mol. The highest BCUT2D eigenvalue weighted by molar-refractivity contribution is 7.92. The number of amides is 1. The molecule has 0 atom stereocenters. The van der Waals surface area contributed by atoms with Gasteiger partial charge in [-0.15, -0.1) is 0 Å². The number of hydrazine groups is 1. The van der Waals surface area contributed by atoms with Crippen LogP contribution >= 0.6 is 0 Å². The van der Waals surface area contributed by atoms with Gasteiger partial charge in [0.05, 0.1) is 16.3 Å². The Bertz CT molecular complexity index is 1430. The van der Waals surface area contributed by atoms with E-state index >= 15 is 0 Å². The van der Waals surface area contributed by atoms with Crippen molar-refractivity contribution in [2.75, 3.05) is 24.1 Å². The van der Waals surface area contributed by atoms with Crippen molar-refractivity contribution in [1.29, 1.82) is 0 Å². The fourth-order valence-electron chi connectivity index (χ4n) is 3.79. The molecule has 3 aromatic carbocycles. The van der Waals surface area contributed by atoms with E-state index in [4.69, 9.17) is 9.47 Å². The molecule has 0 aliphatic carbocycles. The van der Waals surface area contributed by atoms with Crippen LogP contribution in [0.15, 0.2) is 78.2 Å². The van der Waals surface area contributed by atoms with E-state index in [0.29, 0.717) is 18.1 Å². The third-order valence-electron chi connectivity index (χ3n) is 5.96. The van der Waals surface area contributed by atoms with Crippen LogP contribution in [0.3, 0.4) is 0 Å². The number of hydrogen-bond acceptors (Lipinski definition) is 6. The Morgan fingerprint density at radius 3 is 2.21 bits per heavy atom. The van der Waals surface area contributed by atoms with Gasteiger partial charge in [-0.3, -0.25) is 20.0 Å². The lowest BCUT2D eigenvalue weighted by Gasteiger charge is -2.25. The van der Waals surface area contributed by atoms with Gasteiger partial charge in [0.25, 0.3) is 15.9 Å². The van der Waals surface area contributed by atoms with Gasteiger partial charge in [-0.25, -0.2) is 12.8 Å². The van der Waals surface area contributed by atoms with Gasteiger partial charge >= 0.3 is 0 Å². The summed E-state index contributed by atoms with van der Waals surface area (Å²) in [5, 5.41) is 0. The molecule has 0 saturated heterocycles. The average Bonchev–Trinajstić information content (AvgIpc) is 2.90. The van der Waals surface area contributed by atoms with Crippen LogP contribution in [-0.4, -0.2) is 34.1 Å². The first-order valence-electron chi connectivity index (χ1n) is 12.0. The molecule has 1 amide bonds. The van der Waals surface area contributed by atoms with E-state index in [-0.39, 0.29) is 28.4 Å². The molecule has 0 fully saturated rings. The van der Waals surface area contributed by atoms with Gasteiger partial charge < -0.3 is 9.47 Å². The van der Waals surface area contributed by atoms with Gasteiger partial charge in [-0.1, -0.05) is 51.6 Å². The van der Waals surface area contributed by atoms with Gasteiger partial charge in [0, 0.05) is 6.07 Å². The second-order valence-electron chi connectivity index (χ2n) is 9.77. The van der Waals surface area contributed by atoms with Crippen molar-refractivity contribution in [2.24, 2.45) is 0 Å². The molecule has 0 unspecified atom stereocenters. The van der Waals surface area contributed by atoms with Crippen molar-refractivity contribution < 1.29 is 27.1 Å². The number of nitrogens with zero attached hydrogens (tertiary/aromatic N) is 1. The number of benzene rings is 3. The number of hydrogen-bond donors (Lipinski definition) is 2. The van der Waals surface area contributed by atoms with Crippen molar-refractivity contribution >= 4 is 27.3 Å². The number of anilines is 1. The molecular weight excluding hydrogens is 509 g/mol. The predicted octanol–water partition coefficient (Wildman–Crippen LogP) is 4.38. The molecule has 0 saturated carbocycles. The van der Waals surface area contributed by atoms with Gasteiger partial charge in [0.1, 0.15) is 25.6 Å². The molecular formula is C28H30FN3O5S. The van der Waals surface area contributed by atoms with Crippen molar-refractivity contribution in [1.82, 2.24) is 10.9 Å². The van der Waals surface area contributed by atoms with Gasteiger partial charge in [0.2, 0.25) is 0 Å². The van der Waals surface area contributed by atoms with E-state index in [9.17, 15) is 17.6 Å². The molecule has 2 N–H and O–H groups in total. The fourth-order valence-corrected chi connectivity index (χ4v) is 5.23. The third kappa shape index (κ3) is 6.08. The van der Waals surface area contributed by atoms with E-state index in [1.54, 1.807) is 0 Å². The maximum atomic E-state index is 13.6. The quantitative estimate of drug-likeness (QED) is 0.413. The largest absolute Gasteiger partial charge is 0.486 e. The maximum Gasteiger partial charge on any atom is 0.264 e. The van der Waals surface area contributed by atoms with Crippen molar-refractivity contribution in [2.45, 2.75) is 31.1 Å². The van der Waals surface area contributed by atoms with Crippen LogP contribution in [0, 0.1) is 5.82 Å². The zero-order valence-corrected chi connectivity index (χ0v) is 22.3. The molecule has 38 heavy (non-hydrogen) atoms. The number of nitrogens with one attached hydrogen (secondary N) is 2. The maximum absolute atomic E-state index is 13.6. The molecule has 10 heteroatoms. The van der Waals surface area contributed by atoms with Crippen LogP contribution in [0.2, 0.25) is 0 Å². The Hall–Kier alpha value is -4.05. The van der Waals surface area contributed by atoms with Crippen LogP contribution in [0.25, 0.3) is 5.70 Å². The highest BCUT2D eigenvalue weighted by Gasteiger charge is 2.29. The number of fused-ring (bicyclic) bond motifs is 1. The minimum absolute atomic E-state index is 0.00594. The summed E-state index contributed by atoms with van der Waals surface area (Å²) in [6, 6.07) is 16.8. The molecule has 0 aromatic heterocycles. The zero-order valence-electron chi connectivity index (χ0n) is 21.5. The Labute approximate surface area is 222 Å². The summed E-state index contributed by atoms with van der Waals surface area (Å²) in [6.07, 6.45) is 0. The summed E-state index contributed by atoms with van der Waals surface area (Å²) in [5.41, 5.74) is 7.70. The number of ether oxygens (including phenoxy) is 2. The Balaban J connectivity index is 1.52. The molecule has 8 nitrogen and oxygen atoms in total. The lowest BCUT2D eigenvalue weighted by molar-refractivity contribution is -0.120. The summed E-state index contributed by atoms with van der Waals surface area (Å²) in [6.45, 7) is 10.4. The highest BCUT2D eigenvalue weighted by atomic mass is 32.2. The second kappa shape index (κ2) is 10.7. The topological polar surface area (TPSA) is 97.0 Å². The number of halogens is 1. The van der Waals surface area contributed by atoms with Crippen LogP contribution < -0.4 is 24.6 Å². The molecule has 0 radical (unpaired) electrons. The highest BCUT2D eigenvalue weighted by Crippen LogP contribution is 2.34. The Morgan fingerprint density at radius 1 is 0.947 bits per heavy atom. The summed E-state index contributed by atoms with van der Waals surface area (Å²) in [5.74, 6) is -0.468. The first kappa shape index (κ1) is 27.0. The molecule has 3 aromatic rings. The van der Waals surface area contributed by atoms with Crippen LogP contribution in [0.4, 0.5) is 10.1 Å². The second-order valence-corrected chi connectivity index (χ2v) is 11.6. The van der Waals surface area contributed by atoms with Crippen LogP contribution in [0.5, 0.6) is 11.5 Å². The summed E-state index contributed by atoms with van der Waals surface area (Å²) in [7, 11) is -4.24. The lowest BCUT2D eigenvalue weighted by Crippen LogP contribution is -2.45. The predicted molar refractivity (Wildman–Crippen MR) is 144 cm³/mol. The van der Waals surface area contributed by atoms with Gasteiger partial charge in [-0.2, -0.15) is 0 Å². The van der Waals surface area contributed by atoms with E-state index in [1.165, 1.54) is 30.3 Å². The molecule has 200 valence electrons. The average molecular weight is 540 g/mol. The summed E-state index contributed by atoms with van der Waals surface area (Å²) < 4.78 is 52.7. The zero-order chi connectivity index (χ0) is 27.5. The number of carbonyl (C=O) groups is 1. The summed E-state index contributed by atoms with van der Waals surface area (Å²) in [4.78, 5) is 12.8. The van der Waals surface area contributed by atoms with Crippen molar-refractivity contribution in [3.05, 3.63) is 90.3 Å². The number of sulfonamides is 1. The van der Waals surface area contributed by atoms with Gasteiger partial charge in [0.15, 0.2) is 11.5 Å². The van der Waals surface area contributed by atoms with E-state index < -0.39 is 28.3 Å². The first-order valence-corrected chi connectivity index (χ1v) is 13.4. The minimum Gasteiger partial charge on any atom is -0.486 e. The first-order chi connectivity index (χ1) is 17.9. The normalized spacial score (nSPS) is 12.9. The molecule has 0 spiro atoms. The van der Waals surface area contributed by atoms with Crippen LogP contribution in [0.1, 0.15) is 31.9 Å². The molecule has 0 bridgehead atoms. The van der Waals surface area contributed by atoms with Crippen molar-refractivity contribution in [3.8, 4) is 11.5 Å². The Kier molecular flexibility index (Phi) is 7.63. The van der Waals surface area contributed by atoms with Crippen molar-refractivity contribution in [3.63, 3.8) is 0 Å². The summed E-state index contributed by atoms with van der Waals surface area (Å²) >= 11 is 0. The molecule has 1 heterocycles. The third-order valence-corrected chi connectivity index (χ3v) is 7.73. The van der Waals surface area contributed by atoms with E-state index in [1.807, 2.05) is 24.3 Å². The van der Waals surface area contributed by atoms with Crippen LogP contribution in [-0.2, 0) is 20.2 Å². The molecule has 1 aliphatic rings. The standard InChI is InChI=1S/C28H30FN3O5S/c1-19(20-5-7-21(8-6-20)28(2,3)4)30-31-27(33)18-32(23-11-9-22(29)10-12-23)38(34,35)24-13-14-25-26(17-24)37-16-15-36-25/h5-14,17,30H,1,15-16,18H2,2-4H3,(H,31,33). The van der Waals surface area contributed by atoms with E-state index in [0.717, 1.165) is 27.6 Å². The van der Waals surface area contributed by atoms with E-state index in [2.05, 4.69) is 38.2 Å². The smallest absolute Gasteiger partial charge is 0.264 e. The lowest BCUT2D eigenvalue weighted by atomic mass is 9.86. The van der Waals surface area contributed by atoms with Gasteiger partial charge in [-0.05, 0) is 52.9 Å². The minimum atomic E-state index is -4.24. The molecule has 4 rings (SSSR count).